The van der Waals surface area contributed by atoms with Gasteiger partial charge in [-0.2, -0.15) is 0 Å². The summed E-state index contributed by atoms with van der Waals surface area (Å²) < 4.78 is 0. The zero-order valence-electron chi connectivity index (χ0n) is 18.7. The van der Waals surface area contributed by atoms with Gasteiger partial charge in [0.15, 0.2) is 0 Å². The molecule has 0 bridgehead atoms. The molecule has 0 saturated carbocycles. The van der Waals surface area contributed by atoms with E-state index < -0.39 is 55.0 Å². The second-order valence-corrected chi connectivity index (χ2v) is 7.19. The number of nitrogens with two attached hydrogens (primary N) is 2. The van der Waals surface area contributed by atoms with Crippen LogP contribution in [-0.2, 0) is 24.0 Å². The van der Waals surface area contributed by atoms with Crippen molar-refractivity contribution in [3.63, 3.8) is 0 Å². The summed E-state index contributed by atoms with van der Waals surface area (Å²) in [6.07, 6.45) is 1.96. The Kier molecular flexibility index (Phi) is 17.4. The van der Waals surface area contributed by atoms with Crippen molar-refractivity contribution in [3.05, 3.63) is 0 Å². The number of amides is 4. The molecule has 0 unspecified atom stereocenters. The highest BCUT2D eigenvalue weighted by molar-refractivity contribution is 5.93. The molecule has 0 radical (unpaired) electrons. The first-order chi connectivity index (χ1) is 15.8. The van der Waals surface area contributed by atoms with Gasteiger partial charge in [-0.05, 0) is 38.8 Å². The number of nitrogens with one attached hydrogen (secondary N) is 5. The first kappa shape index (κ1) is 30.4. The predicted octanol–water partition coefficient (Wildman–Crippen LogP) is -5.19. The fourth-order valence-electron chi connectivity index (χ4n) is 2.68. The molecule has 0 spiro atoms. The van der Waals surface area contributed by atoms with E-state index in [0.717, 1.165) is 0 Å². The SMILES string of the molecule is NCC[C@H](O)CNCCCC[C@H](NC(=O)CN)C(=O)NCC(=O)N[C@@H](CO)C(=O)NCC=O. The number of carbonyl (C=O) groups excluding carboxylic acids is 5. The molecule has 0 aromatic heterocycles. The van der Waals surface area contributed by atoms with Crippen LogP contribution in [0.15, 0.2) is 0 Å². The van der Waals surface area contributed by atoms with Crippen molar-refractivity contribution >= 4 is 29.9 Å². The van der Waals surface area contributed by atoms with Crippen LogP contribution in [0.3, 0.4) is 0 Å². The lowest BCUT2D eigenvalue weighted by Gasteiger charge is -2.19. The Morgan fingerprint density at radius 3 is 2.18 bits per heavy atom. The second kappa shape index (κ2) is 18.9. The van der Waals surface area contributed by atoms with E-state index in [0.29, 0.717) is 51.6 Å². The first-order valence-corrected chi connectivity index (χ1v) is 10.8. The Labute approximate surface area is 192 Å². The van der Waals surface area contributed by atoms with Gasteiger partial charge in [0.05, 0.1) is 32.3 Å². The summed E-state index contributed by atoms with van der Waals surface area (Å²) in [5.41, 5.74) is 10.7. The molecule has 0 saturated heterocycles. The third-order valence-corrected chi connectivity index (χ3v) is 4.43. The molecular formula is C19H37N7O7. The summed E-state index contributed by atoms with van der Waals surface area (Å²) in [4.78, 5) is 58.1. The van der Waals surface area contributed by atoms with Crippen molar-refractivity contribution in [3.8, 4) is 0 Å². The first-order valence-electron chi connectivity index (χ1n) is 10.8. The zero-order chi connectivity index (χ0) is 25.1. The molecule has 14 heteroatoms. The molecule has 0 aromatic rings. The van der Waals surface area contributed by atoms with Gasteiger partial charge in [-0.25, -0.2) is 0 Å². The average molecular weight is 476 g/mol. The van der Waals surface area contributed by atoms with E-state index in [1.807, 2.05) is 0 Å². The number of hydrogen-bond acceptors (Lipinski definition) is 10. The molecule has 0 aromatic carbocycles. The van der Waals surface area contributed by atoms with E-state index in [2.05, 4.69) is 26.6 Å². The zero-order valence-corrected chi connectivity index (χ0v) is 18.7. The van der Waals surface area contributed by atoms with Crippen molar-refractivity contribution in [2.75, 3.05) is 45.9 Å². The van der Waals surface area contributed by atoms with Crippen LogP contribution in [0.4, 0.5) is 0 Å². The van der Waals surface area contributed by atoms with Crippen LogP contribution >= 0.6 is 0 Å². The van der Waals surface area contributed by atoms with E-state index in [1.54, 1.807) is 0 Å². The normalized spacial score (nSPS) is 13.3. The van der Waals surface area contributed by atoms with Gasteiger partial charge < -0.3 is 53.1 Å². The van der Waals surface area contributed by atoms with Gasteiger partial charge >= 0.3 is 0 Å². The van der Waals surface area contributed by atoms with Crippen molar-refractivity contribution in [1.82, 2.24) is 26.6 Å². The molecule has 0 aliphatic rings. The summed E-state index contributed by atoms with van der Waals surface area (Å²) in [5, 5.41) is 31.2. The van der Waals surface area contributed by atoms with Crippen molar-refractivity contribution in [2.24, 2.45) is 11.5 Å². The van der Waals surface area contributed by atoms with E-state index in [4.69, 9.17) is 11.5 Å². The topological polar surface area (TPSA) is 238 Å². The quantitative estimate of drug-likeness (QED) is 0.0635. The van der Waals surface area contributed by atoms with Gasteiger partial charge in [0.2, 0.25) is 23.6 Å². The fraction of sp³-hybridized carbons (Fsp3) is 0.737. The molecule has 4 amide bonds. The number of hydrogen-bond donors (Lipinski definition) is 9. The van der Waals surface area contributed by atoms with Crippen molar-refractivity contribution < 1.29 is 34.2 Å². The van der Waals surface area contributed by atoms with Crippen molar-refractivity contribution in [2.45, 2.75) is 43.9 Å². The largest absolute Gasteiger partial charge is 0.394 e. The maximum Gasteiger partial charge on any atom is 0.245 e. The van der Waals surface area contributed by atoms with Crippen LogP contribution in [0.2, 0.25) is 0 Å². The number of unbranched alkanes of at least 4 members (excludes halogenated alkanes) is 1. The Morgan fingerprint density at radius 1 is 0.909 bits per heavy atom. The highest BCUT2D eigenvalue weighted by atomic mass is 16.3. The minimum absolute atomic E-state index is 0.270. The summed E-state index contributed by atoms with van der Waals surface area (Å²) in [6, 6.07) is -2.20. The maximum atomic E-state index is 12.4. The lowest BCUT2D eigenvalue weighted by Crippen LogP contribution is -2.53. The number of rotatable bonds is 19. The molecule has 14 nitrogen and oxygen atoms in total. The molecule has 190 valence electrons. The van der Waals surface area contributed by atoms with Gasteiger partial charge in [0.1, 0.15) is 18.4 Å². The molecule has 0 aliphatic carbocycles. The molecule has 11 N–H and O–H groups in total. The Balaban J connectivity index is 4.52. The number of aliphatic hydroxyl groups excluding tert-OH is 2. The van der Waals surface area contributed by atoms with E-state index in [-0.39, 0.29) is 13.1 Å². The van der Waals surface area contributed by atoms with Gasteiger partial charge in [-0.3, -0.25) is 19.2 Å². The summed E-state index contributed by atoms with van der Waals surface area (Å²) >= 11 is 0. The summed E-state index contributed by atoms with van der Waals surface area (Å²) in [7, 11) is 0. The van der Waals surface area contributed by atoms with Crippen molar-refractivity contribution in [1.29, 1.82) is 0 Å². The third kappa shape index (κ3) is 14.9. The highest BCUT2D eigenvalue weighted by Crippen LogP contribution is 2.01. The lowest BCUT2D eigenvalue weighted by atomic mass is 10.1. The lowest BCUT2D eigenvalue weighted by molar-refractivity contribution is -0.132. The number of aldehydes is 1. The van der Waals surface area contributed by atoms with Crippen LogP contribution in [0.1, 0.15) is 25.7 Å². The standard InChI is InChI=1S/C19H37N7O7/c20-5-4-13(29)10-22-6-2-1-3-14(25-16(30)9-21)18(32)24-11-17(31)26-15(12-28)19(33)23-7-8-27/h8,13-15,22,28-29H,1-7,9-12,20-21H2,(H,23,33)(H,24,32)(H,25,30)(H,26,31)/t13-,14-,15-/m0/s1. The van der Waals surface area contributed by atoms with Crippen LogP contribution in [0.5, 0.6) is 0 Å². The molecule has 3 atom stereocenters. The smallest absolute Gasteiger partial charge is 0.245 e. The molecular weight excluding hydrogens is 438 g/mol. The number of carbonyl (C=O) groups is 5. The third-order valence-electron chi connectivity index (χ3n) is 4.43. The van der Waals surface area contributed by atoms with E-state index in [9.17, 15) is 34.2 Å². The van der Waals surface area contributed by atoms with Gasteiger partial charge in [0.25, 0.3) is 0 Å². The monoisotopic (exact) mass is 475 g/mol. The Hall–Kier alpha value is -2.65. The fourth-order valence-corrected chi connectivity index (χ4v) is 2.68. The molecule has 33 heavy (non-hydrogen) atoms. The second-order valence-electron chi connectivity index (χ2n) is 7.19. The predicted molar refractivity (Wildman–Crippen MR) is 118 cm³/mol. The van der Waals surface area contributed by atoms with Gasteiger partial charge in [0, 0.05) is 6.54 Å². The highest BCUT2D eigenvalue weighted by Gasteiger charge is 2.22. The summed E-state index contributed by atoms with van der Waals surface area (Å²) in [5.74, 6) is -2.63. The maximum absolute atomic E-state index is 12.4. The Bertz CT molecular complexity index is 621. The molecule has 0 rings (SSSR count). The Morgan fingerprint density at radius 2 is 1.58 bits per heavy atom. The van der Waals surface area contributed by atoms with Crippen LogP contribution in [0, 0.1) is 0 Å². The van der Waals surface area contributed by atoms with Crippen LogP contribution < -0.4 is 38.1 Å². The molecule has 0 fully saturated rings. The van der Waals surface area contributed by atoms with E-state index >= 15 is 0 Å². The minimum Gasteiger partial charge on any atom is -0.394 e. The van der Waals surface area contributed by atoms with Crippen LogP contribution in [-0.4, -0.2) is 104 Å². The minimum atomic E-state index is -1.28. The van der Waals surface area contributed by atoms with Gasteiger partial charge in [-0.1, -0.05) is 0 Å². The van der Waals surface area contributed by atoms with Gasteiger partial charge in [-0.15, -0.1) is 0 Å². The van der Waals surface area contributed by atoms with E-state index in [1.165, 1.54) is 0 Å². The molecule has 0 aliphatic heterocycles. The average Bonchev–Trinajstić information content (AvgIpc) is 2.80. The number of aliphatic hydroxyl groups is 2. The molecule has 0 heterocycles. The van der Waals surface area contributed by atoms with Crippen LogP contribution in [0.25, 0.3) is 0 Å². The summed E-state index contributed by atoms with van der Waals surface area (Å²) in [6.45, 7) is -0.373.